The second-order valence-corrected chi connectivity index (χ2v) is 5.66. The number of carbonyl (C=O) groups is 1. The molecule has 116 valence electrons. The molecule has 0 bridgehead atoms. The first-order valence-electron chi connectivity index (χ1n) is 7.36. The molecule has 0 radical (unpaired) electrons. The number of likely N-dealkylation sites (tertiary alicyclic amines) is 1. The van der Waals surface area contributed by atoms with Crippen LogP contribution in [-0.2, 0) is 6.54 Å². The Morgan fingerprint density at radius 2 is 2.05 bits per heavy atom. The van der Waals surface area contributed by atoms with E-state index in [1.54, 1.807) is 6.20 Å². The molecule has 2 N–H and O–H groups in total. The average molecular weight is 301 g/mol. The van der Waals surface area contributed by atoms with Gasteiger partial charge in [0.15, 0.2) is 0 Å². The monoisotopic (exact) mass is 301 g/mol. The molecule has 0 spiro atoms. The fourth-order valence-electron chi connectivity index (χ4n) is 3.00. The number of aryl methyl sites for hydroxylation is 1. The van der Waals surface area contributed by atoms with Crippen molar-refractivity contribution in [3.8, 4) is 11.5 Å². The fourth-order valence-corrected chi connectivity index (χ4v) is 3.00. The van der Waals surface area contributed by atoms with Gasteiger partial charge in [-0.2, -0.15) is 0 Å². The summed E-state index contributed by atoms with van der Waals surface area (Å²) in [7, 11) is 0. The minimum atomic E-state index is -0.161. The lowest BCUT2D eigenvalue weighted by Crippen LogP contribution is -2.38. The van der Waals surface area contributed by atoms with Crippen molar-refractivity contribution in [2.45, 2.75) is 32.4 Å². The van der Waals surface area contributed by atoms with Crippen LogP contribution in [0.15, 0.2) is 30.6 Å². The zero-order valence-corrected chi connectivity index (χ0v) is 12.4. The molecule has 6 nitrogen and oxygen atoms in total. The van der Waals surface area contributed by atoms with E-state index in [1.807, 2.05) is 22.6 Å². The summed E-state index contributed by atoms with van der Waals surface area (Å²) in [6, 6.07) is 4.09. The largest absolute Gasteiger partial charge is 0.508 e. The van der Waals surface area contributed by atoms with Crippen LogP contribution in [0.25, 0.3) is 0 Å². The SMILES string of the molecule is Cc1nccn1C[C@@H]1CCCN1C(=O)c1cc(O)cc(O)c1. The van der Waals surface area contributed by atoms with Crippen molar-refractivity contribution in [1.29, 1.82) is 0 Å². The first-order valence-corrected chi connectivity index (χ1v) is 7.36. The van der Waals surface area contributed by atoms with E-state index in [0.717, 1.165) is 18.7 Å². The van der Waals surface area contributed by atoms with Crippen molar-refractivity contribution in [3.63, 3.8) is 0 Å². The predicted octanol–water partition coefficient (Wildman–Crippen LogP) is 1.91. The molecule has 22 heavy (non-hydrogen) atoms. The van der Waals surface area contributed by atoms with Crippen LogP contribution < -0.4 is 0 Å². The lowest BCUT2D eigenvalue weighted by Gasteiger charge is -2.25. The van der Waals surface area contributed by atoms with E-state index in [1.165, 1.54) is 18.2 Å². The highest BCUT2D eigenvalue weighted by atomic mass is 16.3. The van der Waals surface area contributed by atoms with Crippen LogP contribution in [0, 0.1) is 6.92 Å². The van der Waals surface area contributed by atoms with Gasteiger partial charge >= 0.3 is 0 Å². The standard InChI is InChI=1S/C16H19N3O3/c1-11-17-4-6-18(11)10-13-3-2-5-19(13)16(22)12-7-14(20)9-15(21)8-12/h4,6-9,13,20-21H,2-3,5,10H2,1H3/t13-/m0/s1. The first-order chi connectivity index (χ1) is 10.5. The summed E-state index contributed by atoms with van der Waals surface area (Å²) >= 11 is 0. The number of phenolic OH excluding ortho intramolecular Hbond substituents is 2. The second-order valence-electron chi connectivity index (χ2n) is 5.66. The molecule has 1 saturated heterocycles. The molecule has 1 aliphatic heterocycles. The van der Waals surface area contributed by atoms with Crippen molar-refractivity contribution in [2.75, 3.05) is 6.54 Å². The van der Waals surface area contributed by atoms with E-state index in [2.05, 4.69) is 4.98 Å². The van der Waals surface area contributed by atoms with E-state index in [4.69, 9.17) is 0 Å². The second kappa shape index (κ2) is 5.71. The molecular formula is C16H19N3O3. The smallest absolute Gasteiger partial charge is 0.254 e. The molecule has 1 aliphatic rings. The first kappa shape index (κ1) is 14.4. The third-order valence-electron chi connectivity index (χ3n) is 4.12. The van der Waals surface area contributed by atoms with Crippen LogP contribution in [-0.4, -0.2) is 43.2 Å². The van der Waals surface area contributed by atoms with Gasteiger partial charge in [0.05, 0.1) is 6.04 Å². The van der Waals surface area contributed by atoms with Crippen LogP contribution in [0.4, 0.5) is 0 Å². The van der Waals surface area contributed by atoms with E-state index >= 15 is 0 Å². The van der Waals surface area contributed by atoms with Gasteiger partial charge in [-0.25, -0.2) is 4.98 Å². The Morgan fingerprint density at radius 1 is 1.32 bits per heavy atom. The molecule has 2 heterocycles. The molecule has 1 amide bonds. The van der Waals surface area contributed by atoms with Gasteiger partial charge < -0.3 is 19.7 Å². The average Bonchev–Trinajstić information content (AvgIpc) is 3.07. The van der Waals surface area contributed by atoms with Crippen molar-refractivity contribution in [1.82, 2.24) is 14.5 Å². The molecule has 1 atom stereocenters. The quantitative estimate of drug-likeness (QED) is 0.907. The van der Waals surface area contributed by atoms with Gasteiger partial charge in [-0.1, -0.05) is 0 Å². The molecule has 1 aromatic carbocycles. The van der Waals surface area contributed by atoms with Crippen LogP contribution >= 0.6 is 0 Å². The number of hydrogen-bond donors (Lipinski definition) is 2. The Morgan fingerprint density at radius 3 is 2.68 bits per heavy atom. The Balaban J connectivity index is 1.80. The summed E-state index contributed by atoms with van der Waals surface area (Å²) in [5, 5.41) is 19.1. The Labute approximate surface area is 128 Å². The molecule has 0 saturated carbocycles. The van der Waals surface area contributed by atoms with Gasteiger partial charge in [0.1, 0.15) is 17.3 Å². The molecule has 0 unspecified atom stereocenters. The maximum atomic E-state index is 12.7. The van der Waals surface area contributed by atoms with Gasteiger partial charge in [-0.15, -0.1) is 0 Å². The fraction of sp³-hybridized carbons (Fsp3) is 0.375. The Bertz CT molecular complexity index is 675. The number of hydrogen-bond acceptors (Lipinski definition) is 4. The molecule has 0 aliphatic carbocycles. The molecule has 1 aromatic heterocycles. The van der Waals surface area contributed by atoms with E-state index in [-0.39, 0.29) is 23.4 Å². The van der Waals surface area contributed by atoms with Crippen molar-refractivity contribution in [2.24, 2.45) is 0 Å². The molecule has 6 heteroatoms. The molecule has 1 fully saturated rings. The van der Waals surface area contributed by atoms with Gasteiger partial charge in [-0.3, -0.25) is 4.79 Å². The molecule has 2 aromatic rings. The van der Waals surface area contributed by atoms with Gasteiger partial charge in [0.25, 0.3) is 5.91 Å². The number of rotatable bonds is 3. The number of amides is 1. The zero-order valence-electron chi connectivity index (χ0n) is 12.4. The summed E-state index contributed by atoms with van der Waals surface area (Å²) in [6.45, 7) is 3.34. The summed E-state index contributed by atoms with van der Waals surface area (Å²) in [4.78, 5) is 18.7. The summed E-state index contributed by atoms with van der Waals surface area (Å²) in [6.07, 6.45) is 5.56. The number of imidazole rings is 1. The van der Waals surface area contributed by atoms with Crippen LogP contribution in [0.2, 0.25) is 0 Å². The highest BCUT2D eigenvalue weighted by Crippen LogP contribution is 2.26. The lowest BCUT2D eigenvalue weighted by atomic mass is 10.1. The number of aromatic nitrogens is 2. The highest BCUT2D eigenvalue weighted by Gasteiger charge is 2.30. The number of phenols is 2. The third-order valence-corrected chi connectivity index (χ3v) is 4.12. The maximum absolute atomic E-state index is 12.7. The maximum Gasteiger partial charge on any atom is 0.254 e. The minimum absolute atomic E-state index is 0.102. The predicted molar refractivity (Wildman–Crippen MR) is 80.8 cm³/mol. The van der Waals surface area contributed by atoms with E-state index in [0.29, 0.717) is 18.7 Å². The summed E-state index contributed by atoms with van der Waals surface area (Å²) in [5.41, 5.74) is 0.312. The lowest BCUT2D eigenvalue weighted by molar-refractivity contribution is 0.0723. The Kier molecular flexibility index (Phi) is 3.75. The van der Waals surface area contributed by atoms with Crippen molar-refractivity contribution >= 4 is 5.91 Å². The van der Waals surface area contributed by atoms with Gasteiger partial charge in [0, 0.05) is 37.1 Å². The zero-order chi connectivity index (χ0) is 15.7. The number of carbonyl (C=O) groups excluding carboxylic acids is 1. The molecule has 3 rings (SSSR count). The number of nitrogens with zero attached hydrogens (tertiary/aromatic N) is 3. The topological polar surface area (TPSA) is 78.6 Å². The summed E-state index contributed by atoms with van der Waals surface area (Å²) in [5.74, 6) is 0.551. The van der Waals surface area contributed by atoms with Crippen LogP contribution in [0.3, 0.4) is 0 Å². The third kappa shape index (κ3) is 2.77. The Hall–Kier alpha value is -2.50. The summed E-state index contributed by atoms with van der Waals surface area (Å²) < 4.78 is 2.04. The van der Waals surface area contributed by atoms with Gasteiger partial charge in [-0.05, 0) is 31.9 Å². The van der Waals surface area contributed by atoms with Crippen LogP contribution in [0.1, 0.15) is 29.0 Å². The normalized spacial score (nSPS) is 17.9. The van der Waals surface area contributed by atoms with E-state index in [9.17, 15) is 15.0 Å². The minimum Gasteiger partial charge on any atom is -0.508 e. The number of aromatic hydroxyl groups is 2. The van der Waals surface area contributed by atoms with Crippen molar-refractivity contribution in [3.05, 3.63) is 42.0 Å². The number of benzene rings is 1. The van der Waals surface area contributed by atoms with Crippen LogP contribution in [0.5, 0.6) is 11.5 Å². The highest BCUT2D eigenvalue weighted by molar-refractivity contribution is 5.95. The van der Waals surface area contributed by atoms with Crippen molar-refractivity contribution < 1.29 is 15.0 Å². The van der Waals surface area contributed by atoms with E-state index < -0.39 is 0 Å². The molecular weight excluding hydrogens is 282 g/mol. The van der Waals surface area contributed by atoms with Gasteiger partial charge in [0.2, 0.25) is 0 Å².